The van der Waals surface area contributed by atoms with E-state index in [0.717, 1.165) is 47.4 Å². The topological polar surface area (TPSA) is 71.3 Å². The molecule has 1 aromatic heterocycles. The van der Waals surface area contributed by atoms with Crippen molar-refractivity contribution < 1.29 is 35.9 Å². The first-order valence-corrected chi connectivity index (χ1v) is 9.88. The molecule has 34 heavy (non-hydrogen) atoms. The van der Waals surface area contributed by atoms with Crippen LogP contribution in [0.3, 0.4) is 0 Å². The normalized spacial score (nSPS) is 14.4. The first-order chi connectivity index (χ1) is 16.1. The maximum absolute atomic E-state index is 13.8. The summed E-state index contributed by atoms with van der Waals surface area (Å²) in [6.45, 7) is -0.321. The number of amides is 2. The van der Waals surface area contributed by atoms with Crippen molar-refractivity contribution in [3.8, 4) is 5.69 Å². The third kappa shape index (κ3) is 4.45. The highest BCUT2D eigenvalue weighted by Crippen LogP contribution is 2.33. The van der Waals surface area contributed by atoms with Gasteiger partial charge >= 0.3 is 6.18 Å². The average Bonchev–Trinajstić information content (AvgIpc) is 3.26. The lowest BCUT2D eigenvalue weighted by Gasteiger charge is -2.34. The van der Waals surface area contributed by atoms with Crippen molar-refractivity contribution in [2.24, 2.45) is 0 Å². The summed E-state index contributed by atoms with van der Waals surface area (Å²) >= 11 is 0. The van der Waals surface area contributed by atoms with Crippen molar-refractivity contribution >= 4 is 11.8 Å². The molecule has 1 saturated heterocycles. The summed E-state index contributed by atoms with van der Waals surface area (Å²) < 4.78 is 81.5. The second kappa shape index (κ2) is 8.80. The van der Waals surface area contributed by atoms with Gasteiger partial charge in [-0.3, -0.25) is 9.59 Å². The van der Waals surface area contributed by atoms with Gasteiger partial charge in [0.05, 0.1) is 5.69 Å². The van der Waals surface area contributed by atoms with Crippen LogP contribution in [0.5, 0.6) is 0 Å². The summed E-state index contributed by atoms with van der Waals surface area (Å²) in [6.07, 6.45) is -4.99. The molecule has 1 aliphatic rings. The number of nitrogens with zero attached hydrogens (tertiary/aromatic N) is 5. The van der Waals surface area contributed by atoms with Gasteiger partial charge in [0.2, 0.25) is 0 Å². The van der Waals surface area contributed by atoms with Gasteiger partial charge in [0.1, 0.15) is 5.82 Å². The number of hydrogen-bond donors (Lipinski definition) is 0. The molecule has 0 aliphatic carbocycles. The maximum Gasteiger partial charge on any atom is 0.435 e. The SMILES string of the molecule is O=C(c1ccc(F)c(F)c1)N1CCN(C(=O)c2nnn(-c3ccc(F)cc3)c2C(F)(F)F)CC1. The number of aromatic nitrogens is 3. The molecule has 1 fully saturated rings. The van der Waals surface area contributed by atoms with Crippen LogP contribution in [0.1, 0.15) is 26.5 Å². The van der Waals surface area contributed by atoms with Crippen LogP contribution >= 0.6 is 0 Å². The zero-order chi connectivity index (χ0) is 24.6. The second-order valence-corrected chi connectivity index (χ2v) is 7.39. The van der Waals surface area contributed by atoms with Crippen molar-refractivity contribution in [3.05, 3.63) is 76.9 Å². The van der Waals surface area contributed by atoms with Crippen LogP contribution in [0, 0.1) is 17.5 Å². The lowest BCUT2D eigenvalue weighted by molar-refractivity contribution is -0.143. The van der Waals surface area contributed by atoms with Crippen LogP contribution in [0.15, 0.2) is 42.5 Å². The van der Waals surface area contributed by atoms with Crippen molar-refractivity contribution in [2.45, 2.75) is 6.18 Å². The second-order valence-electron chi connectivity index (χ2n) is 7.39. The Labute approximate surface area is 188 Å². The quantitative estimate of drug-likeness (QED) is 0.536. The molecule has 2 heterocycles. The standard InChI is InChI=1S/C21H15F6N5O2/c22-13-2-4-14(5-3-13)32-18(21(25,26)27)17(28-29-32)20(34)31-9-7-30(8-10-31)19(33)12-1-6-15(23)16(24)11-12/h1-6,11H,7-10H2. The molecule has 0 radical (unpaired) electrons. The molecule has 4 rings (SSSR count). The molecule has 0 spiro atoms. The highest BCUT2D eigenvalue weighted by Gasteiger charge is 2.43. The van der Waals surface area contributed by atoms with Crippen molar-refractivity contribution in [2.75, 3.05) is 26.2 Å². The van der Waals surface area contributed by atoms with E-state index in [2.05, 4.69) is 10.3 Å². The molecule has 7 nitrogen and oxygen atoms in total. The van der Waals surface area contributed by atoms with Crippen LogP contribution in [0.25, 0.3) is 5.69 Å². The van der Waals surface area contributed by atoms with Gasteiger partial charge in [0, 0.05) is 31.7 Å². The monoisotopic (exact) mass is 483 g/mol. The summed E-state index contributed by atoms with van der Waals surface area (Å²) in [7, 11) is 0. The number of carbonyl (C=O) groups is 2. The van der Waals surface area contributed by atoms with Crippen LogP contribution in [0.4, 0.5) is 26.3 Å². The maximum atomic E-state index is 13.8. The summed E-state index contributed by atoms with van der Waals surface area (Å²) in [5.74, 6) is -4.61. The molecule has 0 bridgehead atoms. The van der Waals surface area contributed by atoms with Gasteiger partial charge in [0.15, 0.2) is 23.0 Å². The first-order valence-electron chi connectivity index (χ1n) is 9.88. The molecule has 0 atom stereocenters. The lowest BCUT2D eigenvalue weighted by Crippen LogP contribution is -2.51. The van der Waals surface area contributed by atoms with Crippen LogP contribution in [-0.4, -0.2) is 62.8 Å². The minimum absolute atomic E-state index is 0.0446. The van der Waals surface area contributed by atoms with E-state index in [0.29, 0.717) is 4.68 Å². The fraction of sp³-hybridized carbons (Fsp3) is 0.238. The number of halogens is 6. The van der Waals surface area contributed by atoms with E-state index in [4.69, 9.17) is 0 Å². The average molecular weight is 483 g/mol. The van der Waals surface area contributed by atoms with Gasteiger partial charge in [0.25, 0.3) is 11.8 Å². The Balaban J connectivity index is 1.52. The number of rotatable bonds is 3. The molecule has 3 aromatic rings. The summed E-state index contributed by atoms with van der Waals surface area (Å²) in [4.78, 5) is 27.7. The highest BCUT2D eigenvalue weighted by atomic mass is 19.4. The molecule has 2 aromatic carbocycles. The Morgan fingerprint density at radius 3 is 1.94 bits per heavy atom. The number of piperazine rings is 1. The molecule has 1 aliphatic heterocycles. The van der Waals surface area contributed by atoms with Crippen molar-refractivity contribution in [3.63, 3.8) is 0 Å². The van der Waals surface area contributed by atoms with Gasteiger partial charge in [-0.25, -0.2) is 17.9 Å². The third-order valence-corrected chi connectivity index (χ3v) is 5.23. The summed E-state index contributed by atoms with van der Waals surface area (Å²) in [6, 6.07) is 6.70. The molecular weight excluding hydrogens is 468 g/mol. The van der Waals surface area contributed by atoms with Crippen LogP contribution in [-0.2, 0) is 6.18 Å². The van der Waals surface area contributed by atoms with Crippen molar-refractivity contribution in [1.29, 1.82) is 0 Å². The Morgan fingerprint density at radius 1 is 0.794 bits per heavy atom. The Kier molecular flexibility index (Phi) is 6.02. The molecule has 0 saturated carbocycles. The van der Waals surface area contributed by atoms with E-state index in [1.807, 2.05) is 0 Å². The van der Waals surface area contributed by atoms with Gasteiger partial charge in [-0.15, -0.1) is 5.10 Å². The summed E-state index contributed by atoms with van der Waals surface area (Å²) in [5.41, 5.74) is -2.58. The largest absolute Gasteiger partial charge is 0.435 e. The van der Waals surface area contributed by atoms with Crippen LogP contribution in [0.2, 0.25) is 0 Å². The molecule has 0 unspecified atom stereocenters. The van der Waals surface area contributed by atoms with Gasteiger partial charge in [-0.05, 0) is 42.5 Å². The van der Waals surface area contributed by atoms with E-state index in [1.54, 1.807) is 0 Å². The smallest absolute Gasteiger partial charge is 0.335 e. The molecule has 13 heteroatoms. The number of benzene rings is 2. The predicted molar refractivity (Wildman–Crippen MR) is 104 cm³/mol. The molecular formula is C21H15F6N5O2. The van der Waals surface area contributed by atoms with E-state index >= 15 is 0 Å². The molecule has 0 N–H and O–H groups in total. The zero-order valence-corrected chi connectivity index (χ0v) is 17.2. The zero-order valence-electron chi connectivity index (χ0n) is 17.2. The fourth-order valence-electron chi connectivity index (χ4n) is 3.52. The van der Waals surface area contributed by atoms with Crippen LogP contribution < -0.4 is 0 Å². The summed E-state index contributed by atoms with van der Waals surface area (Å²) in [5, 5.41) is 6.87. The highest BCUT2D eigenvalue weighted by molar-refractivity contribution is 5.95. The number of carbonyl (C=O) groups excluding carboxylic acids is 2. The lowest BCUT2D eigenvalue weighted by atomic mass is 10.1. The van der Waals surface area contributed by atoms with E-state index in [1.165, 1.54) is 4.90 Å². The van der Waals surface area contributed by atoms with Gasteiger partial charge in [-0.1, -0.05) is 5.21 Å². The van der Waals surface area contributed by atoms with Crippen molar-refractivity contribution in [1.82, 2.24) is 24.8 Å². The Bertz CT molecular complexity index is 1230. The predicted octanol–water partition coefficient (Wildman–Crippen LogP) is 3.30. The molecule has 2 amide bonds. The third-order valence-electron chi connectivity index (χ3n) is 5.23. The Hall–Kier alpha value is -3.90. The number of alkyl halides is 3. The number of hydrogen-bond acceptors (Lipinski definition) is 4. The first kappa shape index (κ1) is 23.3. The minimum atomic E-state index is -4.99. The van der Waals surface area contributed by atoms with E-state index < -0.39 is 46.8 Å². The fourth-order valence-corrected chi connectivity index (χ4v) is 3.52. The Morgan fingerprint density at radius 2 is 1.38 bits per heavy atom. The molecule has 178 valence electrons. The minimum Gasteiger partial charge on any atom is -0.335 e. The van der Waals surface area contributed by atoms with E-state index in [9.17, 15) is 35.9 Å². The van der Waals surface area contributed by atoms with E-state index in [-0.39, 0.29) is 37.4 Å². The van der Waals surface area contributed by atoms with Gasteiger partial charge in [-0.2, -0.15) is 13.2 Å². The van der Waals surface area contributed by atoms with Gasteiger partial charge < -0.3 is 9.80 Å².